The van der Waals surface area contributed by atoms with E-state index in [1.807, 2.05) is 17.0 Å². The molecule has 1 aliphatic heterocycles. The zero-order valence-corrected chi connectivity index (χ0v) is 18.2. The fourth-order valence-corrected chi connectivity index (χ4v) is 5.08. The highest BCUT2D eigenvalue weighted by Crippen LogP contribution is 2.40. The number of hydrogen-bond donors (Lipinski definition) is 1. The predicted molar refractivity (Wildman–Crippen MR) is 122 cm³/mol. The maximum absolute atomic E-state index is 12.8. The average Bonchev–Trinajstić information content (AvgIpc) is 3.11. The Bertz CT molecular complexity index is 1170. The van der Waals surface area contributed by atoms with Gasteiger partial charge in [-0.25, -0.2) is 0 Å². The number of non-ortho nitro benzene ring substituents is 1. The topological polar surface area (TPSA) is 95.8 Å². The second kappa shape index (κ2) is 8.52. The Morgan fingerprint density at radius 2 is 1.77 bits per heavy atom. The Labute approximate surface area is 187 Å². The minimum Gasteiger partial charge on any atom is -0.368 e. The average molecular weight is 459 g/mol. The van der Waals surface area contributed by atoms with E-state index in [1.165, 1.54) is 6.07 Å². The number of piperazine rings is 1. The maximum atomic E-state index is 12.8. The molecule has 1 aliphatic rings. The van der Waals surface area contributed by atoms with Gasteiger partial charge in [0.1, 0.15) is 9.58 Å². The van der Waals surface area contributed by atoms with Crippen molar-refractivity contribution in [2.75, 3.05) is 36.4 Å². The second-order valence-corrected chi connectivity index (χ2v) is 8.55. The van der Waals surface area contributed by atoms with Gasteiger partial charge in [-0.3, -0.25) is 19.7 Å². The SMILES string of the molecule is CC(=O)N1CCN(c2ccc(NC(=O)c3sc4c([N+](=O)[O-])cccc4c3Cl)cc2)CC1. The van der Waals surface area contributed by atoms with Crippen molar-refractivity contribution in [1.82, 2.24) is 4.90 Å². The largest absolute Gasteiger partial charge is 0.368 e. The van der Waals surface area contributed by atoms with E-state index in [-0.39, 0.29) is 21.5 Å². The number of rotatable bonds is 4. The number of nitro groups is 1. The lowest BCUT2D eigenvalue weighted by atomic mass is 10.2. The summed E-state index contributed by atoms with van der Waals surface area (Å²) in [5.41, 5.74) is 1.54. The first-order valence-electron chi connectivity index (χ1n) is 9.62. The number of thiophene rings is 1. The van der Waals surface area contributed by atoms with Gasteiger partial charge in [-0.2, -0.15) is 0 Å². The third-order valence-electron chi connectivity index (χ3n) is 5.25. The van der Waals surface area contributed by atoms with Gasteiger partial charge >= 0.3 is 0 Å². The minimum absolute atomic E-state index is 0.0716. The van der Waals surface area contributed by atoms with Crippen molar-refractivity contribution in [3.8, 4) is 0 Å². The summed E-state index contributed by atoms with van der Waals surface area (Å²) in [5.74, 6) is -0.328. The highest BCUT2D eigenvalue weighted by Gasteiger charge is 2.23. The zero-order valence-electron chi connectivity index (χ0n) is 16.6. The molecule has 2 aromatic carbocycles. The molecule has 1 N–H and O–H groups in total. The Morgan fingerprint density at radius 3 is 2.39 bits per heavy atom. The number of halogens is 1. The number of carbonyl (C=O) groups excluding carboxylic acids is 2. The summed E-state index contributed by atoms with van der Waals surface area (Å²) in [6.45, 7) is 4.45. The fourth-order valence-electron chi connectivity index (χ4n) is 3.59. The van der Waals surface area contributed by atoms with E-state index in [2.05, 4.69) is 10.2 Å². The van der Waals surface area contributed by atoms with Gasteiger partial charge in [0.25, 0.3) is 11.6 Å². The van der Waals surface area contributed by atoms with Crippen molar-refractivity contribution in [2.24, 2.45) is 0 Å². The van der Waals surface area contributed by atoms with Crippen LogP contribution in [0.2, 0.25) is 5.02 Å². The Morgan fingerprint density at radius 1 is 1.10 bits per heavy atom. The molecule has 8 nitrogen and oxygen atoms in total. The number of nitrogens with one attached hydrogen (secondary N) is 1. The molecule has 2 heterocycles. The summed E-state index contributed by atoms with van der Waals surface area (Å²) in [6, 6.07) is 12.0. The summed E-state index contributed by atoms with van der Waals surface area (Å²) in [6.07, 6.45) is 0. The second-order valence-electron chi connectivity index (χ2n) is 7.15. The lowest BCUT2D eigenvalue weighted by Gasteiger charge is -2.35. The molecule has 1 fully saturated rings. The van der Waals surface area contributed by atoms with Crippen LogP contribution in [0.4, 0.5) is 17.1 Å². The van der Waals surface area contributed by atoms with Crippen molar-refractivity contribution < 1.29 is 14.5 Å². The van der Waals surface area contributed by atoms with Gasteiger partial charge in [-0.15, -0.1) is 11.3 Å². The lowest BCUT2D eigenvalue weighted by molar-refractivity contribution is -0.382. The van der Waals surface area contributed by atoms with Gasteiger partial charge < -0.3 is 15.1 Å². The van der Waals surface area contributed by atoms with E-state index < -0.39 is 10.8 Å². The van der Waals surface area contributed by atoms with Crippen molar-refractivity contribution in [3.63, 3.8) is 0 Å². The molecule has 10 heteroatoms. The highest BCUT2D eigenvalue weighted by atomic mass is 35.5. The molecule has 4 rings (SSSR count). The first-order valence-corrected chi connectivity index (χ1v) is 10.8. The number of nitrogens with zero attached hydrogens (tertiary/aromatic N) is 3. The van der Waals surface area contributed by atoms with Crippen LogP contribution in [0.25, 0.3) is 10.1 Å². The zero-order chi connectivity index (χ0) is 22.1. The predicted octanol–water partition coefficient (Wildman–Crippen LogP) is 4.38. The van der Waals surface area contributed by atoms with E-state index in [0.29, 0.717) is 28.9 Å². The molecule has 1 aromatic heterocycles. The summed E-state index contributed by atoms with van der Waals surface area (Å²) in [5, 5.41) is 14.8. The van der Waals surface area contributed by atoms with Crippen LogP contribution in [-0.2, 0) is 4.79 Å². The molecule has 0 radical (unpaired) electrons. The summed E-state index contributed by atoms with van der Waals surface area (Å²) < 4.78 is 0.378. The molecule has 160 valence electrons. The normalized spacial score (nSPS) is 14.0. The van der Waals surface area contributed by atoms with Crippen LogP contribution >= 0.6 is 22.9 Å². The fraction of sp³-hybridized carbons (Fsp3) is 0.238. The summed E-state index contributed by atoms with van der Waals surface area (Å²) in [4.78, 5) is 39.3. The van der Waals surface area contributed by atoms with Crippen LogP contribution in [0.1, 0.15) is 16.6 Å². The number of hydrogen-bond acceptors (Lipinski definition) is 6. The molecule has 31 heavy (non-hydrogen) atoms. The van der Waals surface area contributed by atoms with Crippen LogP contribution in [0.15, 0.2) is 42.5 Å². The molecular weight excluding hydrogens is 440 g/mol. The molecule has 1 saturated heterocycles. The first kappa shape index (κ1) is 21.1. The Kier molecular flexibility index (Phi) is 5.79. The maximum Gasteiger partial charge on any atom is 0.287 e. The molecule has 0 unspecified atom stereocenters. The number of benzene rings is 2. The molecule has 0 aliphatic carbocycles. The van der Waals surface area contributed by atoms with Crippen molar-refractivity contribution in [3.05, 3.63) is 62.5 Å². The van der Waals surface area contributed by atoms with Gasteiger partial charge in [0.2, 0.25) is 5.91 Å². The van der Waals surface area contributed by atoms with Crippen LogP contribution < -0.4 is 10.2 Å². The van der Waals surface area contributed by atoms with Crippen LogP contribution in [0.5, 0.6) is 0 Å². The standard InChI is InChI=1S/C21H19ClN4O4S/c1-13(27)24-9-11-25(12-10-24)15-7-5-14(6-8-15)23-21(28)20-18(22)16-3-2-4-17(26(29)30)19(16)31-20/h2-8H,9-12H2,1H3,(H,23,28). The number of fused-ring (bicyclic) bond motifs is 1. The monoisotopic (exact) mass is 458 g/mol. The summed E-state index contributed by atoms with van der Waals surface area (Å²) >= 11 is 7.36. The van der Waals surface area contributed by atoms with Gasteiger partial charge in [0.05, 0.1) is 9.95 Å². The van der Waals surface area contributed by atoms with E-state index in [1.54, 1.807) is 31.2 Å². The highest BCUT2D eigenvalue weighted by molar-refractivity contribution is 7.22. The number of amides is 2. The number of carbonyl (C=O) groups is 2. The van der Waals surface area contributed by atoms with Crippen molar-refractivity contribution in [1.29, 1.82) is 0 Å². The van der Waals surface area contributed by atoms with E-state index in [0.717, 1.165) is 30.1 Å². The number of nitro benzene ring substituents is 1. The molecular formula is C21H19ClN4O4S. The minimum atomic E-state index is -0.480. The van der Waals surface area contributed by atoms with E-state index in [4.69, 9.17) is 11.6 Å². The molecule has 2 amide bonds. The van der Waals surface area contributed by atoms with Gasteiger partial charge in [-0.05, 0) is 24.3 Å². The molecule has 3 aromatic rings. The van der Waals surface area contributed by atoms with Crippen LogP contribution in [0.3, 0.4) is 0 Å². The van der Waals surface area contributed by atoms with Crippen molar-refractivity contribution >= 4 is 61.9 Å². The molecule has 0 bridgehead atoms. The van der Waals surface area contributed by atoms with Gasteiger partial charge in [0.15, 0.2) is 0 Å². The lowest BCUT2D eigenvalue weighted by Crippen LogP contribution is -2.48. The first-order chi connectivity index (χ1) is 14.8. The summed E-state index contributed by atoms with van der Waals surface area (Å²) in [7, 11) is 0. The quantitative estimate of drug-likeness (QED) is 0.462. The Hall–Kier alpha value is -3.17. The van der Waals surface area contributed by atoms with E-state index in [9.17, 15) is 19.7 Å². The van der Waals surface area contributed by atoms with E-state index >= 15 is 0 Å². The molecule has 0 saturated carbocycles. The van der Waals surface area contributed by atoms with Crippen LogP contribution in [0, 0.1) is 10.1 Å². The third-order valence-corrected chi connectivity index (χ3v) is 6.98. The third kappa shape index (κ3) is 4.19. The van der Waals surface area contributed by atoms with Gasteiger partial charge in [-0.1, -0.05) is 23.7 Å². The number of anilines is 2. The van der Waals surface area contributed by atoms with Crippen LogP contribution in [-0.4, -0.2) is 47.8 Å². The molecule has 0 atom stereocenters. The Balaban J connectivity index is 1.48. The van der Waals surface area contributed by atoms with Gasteiger partial charge in [0, 0.05) is 55.9 Å². The smallest absolute Gasteiger partial charge is 0.287 e. The van der Waals surface area contributed by atoms with Crippen molar-refractivity contribution in [2.45, 2.75) is 6.92 Å². The molecule has 0 spiro atoms.